The summed E-state index contributed by atoms with van der Waals surface area (Å²) in [6.07, 6.45) is 0.416. The van der Waals surface area contributed by atoms with Crippen molar-refractivity contribution >= 4 is 28.5 Å². The minimum atomic E-state index is -0.0160. The molecule has 0 saturated heterocycles. The highest BCUT2D eigenvalue weighted by atomic mass is 32.2. The number of thioether (sulfide) groups is 1. The average Bonchev–Trinajstić information content (AvgIpc) is 2.35. The van der Waals surface area contributed by atoms with Crippen molar-refractivity contribution in [1.82, 2.24) is 0 Å². The molecule has 1 aliphatic heterocycles. The van der Waals surface area contributed by atoms with E-state index in [1.54, 1.807) is 4.90 Å². The summed E-state index contributed by atoms with van der Waals surface area (Å²) in [5, 5.41) is 0.117. The van der Waals surface area contributed by atoms with Crippen molar-refractivity contribution in [2.75, 3.05) is 11.4 Å². The van der Waals surface area contributed by atoms with Crippen LogP contribution in [0.3, 0.4) is 0 Å². The summed E-state index contributed by atoms with van der Waals surface area (Å²) in [6.45, 7) is 2.01. The van der Waals surface area contributed by atoms with Crippen molar-refractivity contribution in [1.29, 1.82) is 0 Å². The molecule has 78 valence electrons. The van der Waals surface area contributed by atoms with Crippen LogP contribution in [0.1, 0.15) is 13.3 Å². The van der Waals surface area contributed by atoms with Crippen molar-refractivity contribution in [3.8, 4) is 0 Å². The highest BCUT2D eigenvalue weighted by molar-refractivity contribution is 8.13. The fraction of sp³-hybridized carbons (Fsp3) is 0.273. The highest BCUT2D eigenvalue weighted by Gasteiger charge is 2.21. The Bertz CT molecular complexity index is 417. The van der Waals surface area contributed by atoms with Crippen LogP contribution in [0.2, 0.25) is 0 Å². The second-order valence-electron chi connectivity index (χ2n) is 3.36. The molecule has 0 atom stereocenters. The van der Waals surface area contributed by atoms with Crippen LogP contribution >= 0.6 is 11.8 Å². The minimum absolute atomic E-state index is 0.0160. The van der Waals surface area contributed by atoms with Crippen LogP contribution in [0.5, 0.6) is 0 Å². The summed E-state index contributed by atoms with van der Waals surface area (Å²) in [5.41, 5.74) is 0.848. The maximum Gasteiger partial charge on any atom is 0.223 e. The molecule has 1 aliphatic rings. The molecule has 1 aromatic rings. The summed E-state index contributed by atoms with van der Waals surface area (Å²) in [5.74, 6) is -0.0160. The first-order valence-electron chi connectivity index (χ1n) is 4.76. The van der Waals surface area contributed by atoms with E-state index in [0.29, 0.717) is 13.0 Å². The van der Waals surface area contributed by atoms with Crippen LogP contribution in [0.4, 0.5) is 5.69 Å². The van der Waals surface area contributed by atoms with Gasteiger partial charge in [-0.15, -0.1) is 0 Å². The van der Waals surface area contributed by atoms with Gasteiger partial charge >= 0.3 is 0 Å². The van der Waals surface area contributed by atoms with Gasteiger partial charge in [-0.1, -0.05) is 12.1 Å². The number of para-hydroxylation sites is 1. The van der Waals surface area contributed by atoms with Gasteiger partial charge in [0.1, 0.15) is 0 Å². The number of carbonyl (C=O) groups is 2. The summed E-state index contributed by atoms with van der Waals surface area (Å²) in [4.78, 5) is 25.4. The molecule has 1 heterocycles. The zero-order valence-electron chi connectivity index (χ0n) is 8.40. The van der Waals surface area contributed by atoms with E-state index < -0.39 is 0 Å². The van der Waals surface area contributed by atoms with E-state index in [9.17, 15) is 9.59 Å². The summed E-state index contributed by atoms with van der Waals surface area (Å²) >= 11 is 1.22. The van der Waals surface area contributed by atoms with Gasteiger partial charge in [-0.25, -0.2) is 0 Å². The lowest BCUT2D eigenvalue weighted by Gasteiger charge is -2.19. The molecule has 0 bridgehead atoms. The minimum Gasteiger partial charge on any atom is -0.311 e. The number of amides is 1. The normalized spacial score (nSPS) is 15.8. The van der Waals surface area contributed by atoms with Gasteiger partial charge in [0.25, 0.3) is 0 Å². The van der Waals surface area contributed by atoms with E-state index in [4.69, 9.17) is 0 Å². The first-order valence-corrected chi connectivity index (χ1v) is 5.58. The maximum atomic E-state index is 11.4. The fourth-order valence-corrected chi connectivity index (χ4v) is 2.46. The number of hydrogen-bond donors (Lipinski definition) is 0. The molecule has 4 heteroatoms. The molecule has 0 spiro atoms. The lowest BCUT2D eigenvalue weighted by molar-refractivity contribution is -0.116. The smallest absolute Gasteiger partial charge is 0.223 e. The lowest BCUT2D eigenvalue weighted by atomic mass is 10.2. The van der Waals surface area contributed by atoms with Gasteiger partial charge in [0.15, 0.2) is 5.12 Å². The predicted octanol–water partition coefficient (Wildman–Crippen LogP) is 2.06. The maximum absolute atomic E-state index is 11.4. The molecule has 3 nitrogen and oxygen atoms in total. The number of fused-ring (bicyclic) bond motifs is 1. The molecule has 0 saturated carbocycles. The van der Waals surface area contributed by atoms with Gasteiger partial charge in [-0.2, -0.15) is 0 Å². The Labute approximate surface area is 92.5 Å². The number of nitrogens with zero attached hydrogens (tertiary/aromatic N) is 1. The number of benzene rings is 1. The standard InChI is InChI=1S/C11H11NO2S/c1-8(13)12-7-6-11(14)15-10-5-3-2-4-9(10)12/h2-5H,6-7H2,1H3. The Morgan fingerprint density at radius 1 is 1.40 bits per heavy atom. The molecule has 0 aliphatic carbocycles. The molecule has 0 aromatic heterocycles. The quantitative estimate of drug-likeness (QED) is 0.673. The molecule has 0 N–H and O–H groups in total. The van der Waals surface area contributed by atoms with E-state index in [-0.39, 0.29) is 11.0 Å². The van der Waals surface area contributed by atoms with Crippen LogP contribution in [0, 0.1) is 0 Å². The Kier molecular flexibility index (Phi) is 2.77. The van der Waals surface area contributed by atoms with Crippen molar-refractivity contribution in [2.45, 2.75) is 18.2 Å². The van der Waals surface area contributed by atoms with Gasteiger partial charge < -0.3 is 4.90 Å². The lowest BCUT2D eigenvalue weighted by Crippen LogP contribution is -2.29. The van der Waals surface area contributed by atoms with Crippen molar-refractivity contribution < 1.29 is 9.59 Å². The third kappa shape index (κ3) is 2.04. The largest absolute Gasteiger partial charge is 0.311 e. The van der Waals surface area contributed by atoms with Crippen molar-refractivity contribution in [2.24, 2.45) is 0 Å². The third-order valence-electron chi connectivity index (χ3n) is 2.30. The van der Waals surface area contributed by atoms with Crippen molar-refractivity contribution in [3.63, 3.8) is 0 Å². The third-order valence-corrected chi connectivity index (χ3v) is 3.30. The molecule has 1 aromatic carbocycles. The van der Waals surface area contributed by atoms with E-state index in [1.807, 2.05) is 24.3 Å². The van der Waals surface area contributed by atoms with Gasteiger partial charge in [0.2, 0.25) is 5.91 Å². The predicted molar refractivity (Wildman–Crippen MR) is 60.0 cm³/mol. The van der Waals surface area contributed by atoms with E-state index in [2.05, 4.69) is 0 Å². The number of carbonyl (C=O) groups excluding carboxylic acids is 2. The van der Waals surface area contributed by atoms with E-state index in [0.717, 1.165) is 10.6 Å². The molecule has 0 radical (unpaired) electrons. The zero-order chi connectivity index (χ0) is 10.8. The molecule has 0 unspecified atom stereocenters. The summed E-state index contributed by atoms with van der Waals surface area (Å²) < 4.78 is 0. The molecular weight excluding hydrogens is 210 g/mol. The van der Waals surface area contributed by atoms with Crippen molar-refractivity contribution in [3.05, 3.63) is 24.3 Å². The number of rotatable bonds is 0. The molecule has 2 rings (SSSR count). The van der Waals surface area contributed by atoms with Crippen LogP contribution in [-0.2, 0) is 9.59 Å². The summed E-state index contributed by atoms with van der Waals surface area (Å²) in [6, 6.07) is 7.51. The van der Waals surface area contributed by atoms with Crippen LogP contribution in [-0.4, -0.2) is 17.6 Å². The van der Waals surface area contributed by atoms with Crippen LogP contribution in [0.15, 0.2) is 29.2 Å². The Morgan fingerprint density at radius 2 is 2.13 bits per heavy atom. The first-order chi connectivity index (χ1) is 7.18. The molecule has 15 heavy (non-hydrogen) atoms. The van der Waals surface area contributed by atoms with Gasteiger partial charge in [0, 0.05) is 24.8 Å². The van der Waals surface area contributed by atoms with Crippen LogP contribution < -0.4 is 4.90 Å². The molecule has 1 amide bonds. The zero-order valence-corrected chi connectivity index (χ0v) is 9.21. The topological polar surface area (TPSA) is 37.4 Å². The van der Waals surface area contributed by atoms with Gasteiger partial charge in [-0.3, -0.25) is 9.59 Å². The summed E-state index contributed by atoms with van der Waals surface area (Å²) in [7, 11) is 0. The second-order valence-corrected chi connectivity index (χ2v) is 4.46. The number of anilines is 1. The van der Waals surface area contributed by atoms with E-state index in [1.165, 1.54) is 18.7 Å². The molecule has 0 fully saturated rings. The monoisotopic (exact) mass is 221 g/mol. The average molecular weight is 221 g/mol. The van der Waals surface area contributed by atoms with Gasteiger partial charge in [0.05, 0.1) is 5.69 Å². The molecular formula is C11H11NO2S. The van der Waals surface area contributed by atoms with Crippen LogP contribution in [0.25, 0.3) is 0 Å². The first kappa shape index (κ1) is 10.2. The second kappa shape index (κ2) is 4.06. The van der Waals surface area contributed by atoms with Gasteiger partial charge in [-0.05, 0) is 23.9 Å². The Hall–Kier alpha value is -1.29. The van der Waals surface area contributed by atoms with E-state index >= 15 is 0 Å². The highest BCUT2D eigenvalue weighted by Crippen LogP contribution is 2.34. The Balaban J connectivity index is 2.46. The number of hydrogen-bond acceptors (Lipinski definition) is 3. The Morgan fingerprint density at radius 3 is 2.87 bits per heavy atom. The SMILES string of the molecule is CC(=O)N1CCC(=O)Sc2ccccc21. The fourth-order valence-electron chi connectivity index (χ4n) is 1.59.